The Bertz CT molecular complexity index is 932. The van der Waals surface area contributed by atoms with Crippen LogP contribution in [-0.2, 0) is 6.61 Å². The third-order valence-corrected chi connectivity index (χ3v) is 4.00. The molecule has 0 saturated carbocycles. The van der Waals surface area contributed by atoms with Gasteiger partial charge in [-0.15, -0.1) is 0 Å². The largest absolute Gasteiger partial charge is 0.497 e. The number of hydrogen-bond donors (Lipinski definition) is 0. The van der Waals surface area contributed by atoms with Gasteiger partial charge >= 0.3 is 0 Å². The molecule has 0 unspecified atom stereocenters. The first-order valence-electron chi connectivity index (χ1n) is 8.48. The highest BCUT2D eigenvalue weighted by molar-refractivity contribution is 6.07. The number of halogens is 1. The van der Waals surface area contributed by atoms with E-state index in [0.29, 0.717) is 12.4 Å². The number of ketones is 1. The van der Waals surface area contributed by atoms with Crippen LogP contribution in [0.2, 0.25) is 0 Å². The van der Waals surface area contributed by atoms with Crippen molar-refractivity contribution in [3.8, 4) is 11.5 Å². The molecule has 0 saturated heterocycles. The number of carbonyl (C=O) groups excluding carboxylic acids is 1. The fraction of sp³-hybridized carbons (Fsp3) is 0.0870. The SMILES string of the molecule is COc1ccc(C(=O)C=Cc2ccc(OCc3ccccc3)cc2)c(F)c1. The van der Waals surface area contributed by atoms with Crippen molar-refractivity contribution >= 4 is 11.9 Å². The standard InChI is InChI=1S/C23H19FO3/c1-26-20-12-13-21(22(24)15-20)23(25)14-9-17-7-10-19(11-8-17)27-16-18-5-3-2-4-6-18/h2-15H,16H2,1H3. The maximum atomic E-state index is 13.9. The van der Waals surface area contributed by atoms with Crippen molar-refractivity contribution in [2.75, 3.05) is 7.11 Å². The van der Waals surface area contributed by atoms with Crippen molar-refractivity contribution in [3.63, 3.8) is 0 Å². The molecule has 3 rings (SSSR count). The van der Waals surface area contributed by atoms with Crippen LogP contribution in [0.1, 0.15) is 21.5 Å². The van der Waals surface area contributed by atoms with Crippen molar-refractivity contribution in [2.45, 2.75) is 6.61 Å². The Morgan fingerprint density at radius 1 is 0.963 bits per heavy atom. The van der Waals surface area contributed by atoms with E-state index in [4.69, 9.17) is 9.47 Å². The molecule has 0 amide bonds. The molecule has 0 atom stereocenters. The summed E-state index contributed by atoms with van der Waals surface area (Å²) in [5.74, 6) is 0.107. The molecule has 0 aliphatic carbocycles. The highest BCUT2D eigenvalue weighted by Gasteiger charge is 2.09. The molecule has 4 heteroatoms. The normalized spacial score (nSPS) is 10.7. The third-order valence-electron chi connectivity index (χ3n) is 4.00. The highest BCUT2D eigenvalue weighted by Crippen LogP contribution is 2.18. The van der Waals surface area contributed by atoms with Crippen molar-refractivity contribution in [2.24, 2.45) is 0 Å². The molecule has 136 valence electrons. The van der Waals surface area contributed by atoms with Crippen LogP contribution in [0.4, 0.5) is 4.39 Å². The number of hydrogen-bond acceptors (Lipinski definition) is 3. The number of ether oxygens (including phenoxy) is 2. The monoisotopic (exact) mass is 362 g/mol. The van der Waals surface area contributed by atoms with E-state index in [1.807, 2.05) is 54.6 Å². The van der Waals surface area contributed by atoms with E-state index in [9.17, 15) is 9.18 Å². The number of methoxy groups -OCH3 is 1. The minimum atomic E-state index is -0.603. The molecule has 0 fully saturated rings. The first-order chi connectivity index (χ1) is 13.2. The van der Waals surface area contributed by atoms with Crippen LogP contribution in [-0.4, -0.2) is 12.9 Å². The van der Waals surface area contributed by atoms with Crippen molar-refractivity contribution in [1.29, 1.82) is 0 Å². The predicted molar refractivity (Wildman–Crippen MR) is 104 cm³/mol. The molecule has 0 radical (unpaired) electrons. The first-order valence-corrected chi connectivity index (χ1v) is 8.48. The number of benzene rings is 3. The lowest BCUT2D eigenvalue weighted by molar-refractivity contribution is 0.104. The lowest BCUT2D eigenvalue weighted by atomic mass is 10.1. The van der Waals surface area contributed by atoms with E-state index >= 15 is 0 Å². The molecule has 0 aromatic heterocycles. The van der Waals surface area contributed by atoms with Gasteiger partial charge in [0.15, 0.2) is 5.78 Å². The summed E-state index contributed by atoms with van der Waals surface area (Å²) in [5, 5.41) is 0. The molecule has 0 heterocycles. The summed E-state index contributed by atoms with van der Waals surface area (Å²) >= 11 is 0. The summed E-state index contributed by atoms with van der Waals surface area (Å²) in [6.07, 6.45) is 3.00. The molecule has 0 aliphatic rings. The first kappa shape index (κ1) is 18.4. The van der Waals surface area contributed by atoms with Crippen molar-refractivity contribution in [3.05, 3.63) is 101 Å². The molecule has 0 spiro atoms. The summed E-state index contributed by atoms with van der Waals surface area (Å²) in [6.45, 7) is 0.491. The van der Waals surface area contributed by atoms with Crippen LogP contribution in [0.25, 0.3) is 6.08 Å². The third kappa shape index (κ3) is 5.05. The molecular formula is C23H19FO3. The quantitative estimate of drug-likeness (QED) is 0.422. The van der Waals surface area contributed by atoms with Gasteiger partial charge in [-0.25, -0.2) is 4.39 Å². The van der Waals surface area contributed by atoms with Crippen LogP contribution in [0.3, 0.4) is 0 Å². The van der Waals surface area contributed by atoms with Gasteiger partial charge in [-0.05, 0) is 41.5 Å². The maximum Gasteiger partial charge on any atom is 0.188 e. The van der Waals surface area contributed by atoms with E-state index in [1.165, 1.54) is 25.3 Å². The van der Waals surface area contributed by atoms with E-state index in [-0.39, 0.29) is 5.56 Å². The van der Waals surface area contributed by atoms with Gasteiger partial charge in [0.1, 0.15) is 23.9 Å². The topological polar surface area (TPSA) is 35.5 Å². The van der Waals surface area contributed by atoms with Gasteiger partial charge in [-0.1, -0.05) is 48.5 Å². The summed E-state index contributed by atoms with van der Waals surface area (Å²) in [4.78, 5) is 12.2. The lowest BCUT2D eigenvalue weighted by Crippen LogP contribution is -1.99. The molecule has 3 nitrogen and oxygen atoms in total. The summed E-state index contributed by atoms with van der Waals surface area (Å²) in [7, 11) is 1.45. The van der Waals surface area contributed by atoms with Crippen LogP contribution < -0.4 is 9.47 Å². The fourth-order valence-electron chi connectivity index (χ4n) is 2.50. The summed E-state index contributed by atoms with van der Waals surface area (Å²) < 4.78 is 24.6. The van der Waals surface area contributed by atoms with Gasteiger partial charge in [-0.2, -0.15) is 0 Å². The Morgan fingerprint density at radius 2 is 1.67 bits per heavy atom. The Balaban J connectivity index is 1.61. The second-order valence-electron chi connectivity index (χ2n) is 5.89. The Labute approximate surface area is 157 Å². The number of carbonyl (C=O) groups is 1. The molecule has 27 heavy (non-hydrogen) atoms. The van der Waals surface area contributed by atoms with Crippen LogP contribution in [0.5, 0.6) is 11.5 Å². The van der Waals surface area contributed by atoms with Gasteiger partial charge < -0.3 is 9.47 Å². The molecule has 0 N–H and O–H groups in total. The highest BCUT2D eigenvalue weighted by atomic mass is 19.1. The minimum Gasteiger partial charge on any atom is -0.497 e. The number of allylic oxidation sites excluding steroid dienone is 1. The second kappa shape index (κ2) is 8.81. The molecular weight excluding hydrogens is 343 g/mol. The van der Waals surface area contributed by atoms with Crippen LogP contribution in [0.15, 0.2) is 78.9 Å². The van der Waals surface area contributed by atoms with Crippen molar-refractivity contribution < 1.29 is 18.7 Å². The van der Waals surface area contributed by atoms with E-state index in [2.05, 4.69) is 0 Å². The zero-order valence-corrected chi connectivity index (χ0v) is 14.9. The number of rotatable bonds is 7. The van der Waals surface area contributed by atoms with Gasteiger partial charge in [-0.3, -0.25) is 4.79 Å². The molecule has 3 aromatic carbocycles. The fourth-order valence-corrected chi connectivity index (χ4v) is 2.50. The second-order valence-corrected chi connectivity index (χ2v) is 5.89. The minimum absolute atomic E-state index is 0.00913. The van der Waals surface area contributed by atoms with E-state index in [1.54, 1.807) is 12.1 Å². The van der Waals surface area contributed by atoms with Crippen LogP contribution in [0, 0.1) is 5.82 Å². The summed E-state index contributed by atoms with van der Waals surface area (Å²) in [5.41, 5.74) is 1.92. The maximum absolute atomic E-state index is 13.9. The van der Waals surface area contributed by atoms with E-state index in [0.717, 1.165) is 16.9 Å². The summed E-state index contributed by atoms with van der Waals surface area (Å²) in [6, 6.07) is 21.4. The Hall–Kier alpha value is -3.40. The lowest BCUT2D eigenvalue weighted by Gasteiger charge is -2.06. The Kier molecular flexibility index (Phi) is 6.00. The average Bonchev–Trinajstić information content (AvgIpc) is 2.72. The van der Waals surface area contributed by atoms with Crippen molar-refractivity contribution in [1.82, 2.24) is 0 Å². The van der Waals surface area contributed by atoms with Gasteiger partial charge in [0.05, 0.1) is 12.7 Å². The van der Waals surface area contributed by atoms with Gasteiger partial charge in [0, 0.05) is 6.07 Å². The Morgan fingerprint density at radius 3 is 2.33 bits per heavy atom. The molecule has 0 aliphatic heterocycles. The predicted octanol–water partition coefficient (Wildman–Crippen LogP) is 5.31. The van der Waals surface area contributed by atoms with Gasteiger partial charge in [0.25, 0.3) is 0 Å². The van der Waals surface area contributed by atoms with Crippen LogP contribution >= 0.6 is 0 Å². The molecule has 0 bridgehead atoms. The van der Waals surface area contributed by atoms with E-state index < -0.39 is 11.6 Å². The van der Waals surface area contributed by atoms with Gasteiger partial charge in [0.2, 0.25) is 0 Å². The smallest absolute Gasteiger partial charge is 0.188 e. The zero-order valence-electron chi connectivity index (χ0n) is 14.9. The zero-order chi connectivity index (χ0) is 19.1. The molecule has 3 aromatic rings. The average molecular weight is 362 g/mol.